The molecular formula is C23H38IN5O3. The Balaban J connectivity index is 0.00000363. The summed E-state index contributed by atoms with van der Waals surface area (Å²) in [5.74, 6) is 2.41. The number of morpholine rings is 1. The van der Waals surface area contributed by atoms with E-state index in [0.717, 1.165) is 70.5 Å². The summed E-state index contributed by atoms with van der Waals surface area (Å²) in [6.45, 7) is 7.74. The molecule has 0 atom stereocenters. The van der Waals surface area contributed by atoms with Gasteiger partial charge in [-0.1, -0.05) is 12.1 Å². The van der Waals surface area contributed by atoms with E-state index in [0.29, 0.717) is 25.5 Å². The zero-order valence-corrected chi connectivity index (χ0v) is 21.7. The SMILES string of the molecule is CN=C(NCc1cccc(OCCN2CCOCC2)c1)N1CCC(CC(=O)NC)CC1.I. The van der Waals surface area contributed by atoms with Crippen molar-refractivity contribution in [2.45, 2.75) is 25.8 Å². The van der Waals surface area contributed by atoms with E-state index in [9.17, 15) is 4.79 Å². The first-order chi connectivity index (χ1) is 15.2. The van der Waals surface area contributed by atoms with Gasteiger partial charge >= 0.3 is 0 Å². The van der Waals surface area contributed by atoms with Crippen LogP contribution in [-0.4, -0.2) is 88.3 Å². The summed E-state index contributed by atoms with van der Waals surface area (Å²) in [7, 11) is 3.53. The number of carbonyl (C=O) groups is 1. The molecule has 1 aromatic rings. The third-order valence-corrected chi connectivity index (χ3v) is 6.01. The summed E-state index contributed by atoms with van der Waals surface area (Å²) >= 11 is 0. The third kappa shape index (κ3) is 8.74. The van der Waals surface area contributed by atoms with Crippen LogP contribution in [0.1, 0.15) is 24.8 Å². The molecule has 0 aliphatic carbocycles. The number of guanidine groups is 1. The number of rotatable bonds is 8. The molecule has 1 amide bonds. The lowest BCUT2D eigenvalue weighted by Gasteiger charge is -2.34. The molecule has 1 aromatic carbocycles. The second-order valence-corrected chi connectivity index (χ2v) is 8.16. The maximum atomic E-state index is 11.6. The Labute approximate surface area is 209 Å². The van der Waals surface area contributed by atoms with Crippen LogP contribution in [0.2, 0.25) is 0 Å². The van der Waals surface area contributed by atoms with Crippen molar-refractivity contribution in [1.29, 1.82) is 0 Å². The first-order valence-corrected chi connectivity index (χ1v) is 11.4. The number of halogens is 1. The predicted octanol–water partition coefficient (Wildman–Crippen LogP) is 1.94. The summed E-state index contributed by atoms with van der Waals surface area (Å²) in [4.78, 5) is 20.7. The number of benzene rings is 1. The Morgan fingerprint density at radius 1 is 1.22 bits per heavy atom. The van der Waals surface area contributed by atoms with Gasteiger partial charge < -0.3 is 25.0 Å². The van der Waals surface area contributed by atoms with Crippen LogP contribution < -0.4 is 15.4 Å². The van der Waals surface area contributed by atoms with Crippen LogP contribution >= 0.6 is 24.0 Å². The van der Waals surface area contributed by atoms with Crippen molar-refractivity contribution >= 4 is 35.8 Å². The summed E-state index contributed by atoms with van der Waals surface area (Å²) in [5, 5.41) is 6.20. The molecule has 8 nitrogen and oxygen atoms in total. The van der Waals surface area contributed by atoms with E-state index in [4.69, 9.17) is 9.47 Å². The monoisotopic (exact) mass is 559 g/mol. The molecule has 32 heavy (non-hydrogen) atoms. The standard InChI is InChI=1S/C23H37N5O3.HI/c1-24-22(29)17-19-6-8-28(9-7-19)23(25-2)26-18-20-4-3-5-21(16-20)31-15-12-27-10-13-30-14-11-27;/h3-5,16,19H,6-15,17-18H2,1-2H3,(H,24,29)(H,25,26);1H. The Bertz CT molecular complexity index is 719. The minimum atomic E-state index is 0. The zero-order chi connectivity index (χ0) is 21.9. The normalized spacial score (nSPS) is 18.1. The fourth-order valence-electron chi connectivity index (χ4n) is 4.09. The van der Waals surface area contributed by atoms with E-state index in [2.05, 4.69) is 37.6 Å². The van der Waals surface area contributed by atoms with Crippen LogP contribution in [-0.2, 0) is 16.1 Å². The lowest BCUT2D eigenvalue weighted by atomic mass is 9.93. The number of aliphatic imine (C=N–C) groups is 1. The smallest absolute Gasteiger partial charge is 0.220 e. The maximum Gasteiger partial charge on any atom is 0.220 e. The van der Waals surface area contributed by atoms with Crippen LogP contribution in [0.25, 0.3) is 0 Å². The Morgan fingerprint density at radius 3 is 2.66 bits per heavy atom. The van der Waals surface area contributed by atoms with Crippen LogP contribution in [0.3, 0.4) is 0 Å². The highest BCUT2D eigenvalue weighted by molar-refractivity contribution is 14.0. The molecule has 0 unspecified atom stereocenters. The highest BCUT2D eigenvalue weighted by atomic mass is 127. The molecule has 2 fully saturated rings. The Morgan fingerprint density at radius 2 is 1.97 bits per heavy atom. The maximum absolute atomic E-state index is 11.6. The number of nitrogens with one attached hydrogen (secondary N) is 2. The van der Waals surface area contributed by atoms with Gasteiger partial charge in [0.1, 0.15) is 12.4 Å². The lowest BCUT2D eigenvalue weighted by molar-refractivity contribution is -0.121. The quantitative estimate of drug-likeness (QED) is 0.288. The minimum absolute atomic E-state index is 0. The van der Waals surface area contributed by atoms with Gasteiger partial charge in [0.2, 0.25) is 5.91 Å². The molecule has 0 aromatic heterocycles. The Hall–Kier alpha value is -1.59. The minimum Gasteiger partial charge on any atom is -0.492 e. The van der Waals surface area contributed by atoms with Crippen molar-refractivity contribution in [2.24, 2.45) is 10.9 Å². The molecule has 180 valence electrons. The summed E-state index contributed by atoms with van der Waals surface area (Å²) in [6, 6.07) is 8.24. The van der Waals surface area contributed by atoms with Gasteiger partial charge in [-0.05, 0) is 36.5 Å². The van der Waals surface area contributed by atoms with Gasteiger partial charge in [-0.15, -0.1) is 24.0 Å². The fourth-order valence-corrected chi connectivity index (χ4v) is 4.09. The first kappa shape index (κ1) is 26.7. The number of hydrogen-bond donors (Lipinski definition) is 2. The molecule has 2 N–H and O–H groups in total. The van der Waals surface area contributed by atoms with Crippen molar-refractivity contribution in [3.05, 3.63) is 29.8 Å². The van der Waals surface area contributed by atoms with Crippen LogP contribution in [0, 0.1) is 5.92 Å². The van der Waals surface area contributed by atoms with Crippen LogP contribution in [0.5, 0.6) is 5.75 Å². The average Bonchev–Trinajstić information content (AvgIpc) is 2.81. The van der Waals surface area contributed by atoms with Gasteiger partial charge in [-0.25, -0.2) is 0 Å². The van der Waals surface area contributed by atoms with E-state index in [-0.39, 0.29) is 29.9 Å². The van der Waals surface area contributed by atoms with Crippen molar-refractivity contribution in [3.63, 3.8) is 0 Å². The third-order valence-electron chi connectivity index (χ3n) is 6.01. The summed E-state index contributed by atoms with van der Waals surface area (Å²) in [5.41, 5.74) is 1.17. The van der Waals surface area contributed by atoms with Crippen LogP contribution in [0.4, 0.5) is 0 Å². The van der Waals surface area contributed by atoms with E-state index in [1.54, 1.807) is 7.05 Å². The molecule has 2 aliphatic rings. The topological polar surface area (TPSA) is 78.4 Å². The van der Waals surface area contributed by atoms with Gasteiger partial charge in [0.15, 0.2) is 5.96 Å². The molecular weight excluding hydrogens is 521 g/mol. The molecule has 0 radical (unpaired) electrons. The lowest BCUT2D eigenvalue weighted by Crippen LogP contribution is -2.45. The van der Waals surface area contributed by atoms with Crippen molar-refractivity contribution < 1.29 is 14.3 Å². The van der Waals surface area contributed by atoms with Crippen molar-refractivity contribution in [2.75, 3.05) is 66.6 Å². The highest BCUT2D eigenvalue weighted by Crippen LogP contribution is 2.20. The summed E-state index contributed by atoms with van der Waals surface area (Å²) in [6.07, 6.45) is 2.65. The number of piperidine rings is 1. The number of nitrogens with zero attached hydrogens (tertiary/aromatic N) is 3. The predicted molar refractivity (Wildman–Crippen MR) is 138 cm³/mol. The number of amides is 1. The summed E-state index contributed by atoms with van der Waals surface area (Å²) < 4.78 is 11.4. The number of ether oxygens (including phenoxy) is 2. The molecule has 0 bridgehead atoms. The zero-order valence-electron chi connectivity index (χ0n) is 19.3. The molecule has 2 heterocycles. The fraction of sp³-hybridized carbons (Fsp3) is 0.652. The molecule has 0 spiro atoms. The van der Waals surface area contributed by atoms with E-state index in [1.165, 1.54) is 5.56 Å². The number of likely N-dealkylation sites (tertiary alicyclic amines) is 1. The average molecular weight is 559 g/mol. The highest BCUT2D eigenvalue weighted by Gasteiger charge is 2.23. The van der Waals surface area contributed by atoms with E-state index >= 15 is 0 Å². The van der Waals surface area contributed by atoms with Gasteiger partial charge in [-0.3, -0.25) is 14.7 Å². The molecule has 9 heteroatoms. The number of carbonyl (C=O) groups excluding carboxylic acids is 1. The number of hydrogen-bond acceptors (Lipinski definition) is 5. The first-order valence-electron chi connectivity index (χ1n) is 11.4. The molecule has 3 rings (SSSR count). The van der Waals surface area contributed by atoms with E-state index < -0.39 is 0 Å². The van der Waals surface area contributed by atoms with Gasteiger partial charge in [0.05, 0.1) is 13.2 Å². The Kier molecular flexibility index (Phi) is 12.1. The van der Waals surface area contributed by atoms with Gasteiger partial charge in [-0.2, -0.15) is 0 Å². The molecule has 0 saturated carbocycles. The van der Waals surface area contributed by atoms with Gasteiger partial charge in [0.25, 0.3) is 0 Å². The molecule has 2 aliphatic heterocycles. The van der Waals surface area contributed by atoms with Crippen LogP contribution in [0.15, 0.2) is 29.3 Å². The molecule has 2 saturated heterocycles. The van der Waals surface area contributed by atoms with Crippen molar-refractivity contribution in [3.8, 4) is 5.75 Å². The van der Waals surface area contributed by atoms with Crippen molar-refractivity contribution in [1.82, 2.24) is 20.4 Å². The second-order valence-electron chi connectivity index (χ2n) is 8.16. The largest absolute Gasteiger partial charge is 0.492 e. The second kappa shape index (κ2) is 14.5. The van der Waals surface area contributed by atoms with E-state index in [1.807, 2.05) is 19.2 Å². The van der Waals surface area contributed by atoms with Gasteiger partial charge in [0, 0.05) is 59.8 Å².